The first-order valence-corrected chi connectivity index (χ1v) is 9.10. The third-order valence-electron chi connectivity index (χ3n) is 5.30. The van der Waals surface area contributed by atoms with Gasteiger partial charge in [-0.1, -0.05) is 25.8 Å². The Bertz CT molecular complexity index is 825. The van der Waals surface area contributed by atoms with E-state index in [0.29, 0.717) is 17.8 Å². The minimum absolute atomic E-state index is 0.156. The summed E-state index contributed by atoms with van der Waals surface area (Å²) in [6, 6.07) is 6.24. The van der Waals surface area contributed by atoms with Gasteiger partial charge in [0.1, 0.15) is 11.6 Å². The second-order valence-corrected chi connectivity index (χ2v) is 7.59. The molecular formula is C21H26N4O. The topological polar surface area (TPSA) is 70.9 Å². The van der Waals surface area contributed by atoms with E-state index in [4.69, 9.17) is 6.42 Å². The molecule has 2 aromatic heterocycles. The fraction of sp³-hybridized carbons (Fsp3) is 0.476. The zero-order chi connectivity index (χ0) is 18.7. The maximum atomic E-state index is 9.93. The number of aromatic nitrogens is 3. The summed E-state index contributed by atoms with van der Waals surface area (Å²) in [6.07, 6.45) is 10.3. The summed E-state index contributed by atoms with van der Waals surface area (Å²) in [4.78, 5) is 13.6. The lowest BCUT2D eigenvalue weighted by Crippen LogP contribution is -2.57. The summed E-state index contributed by atoms with van der Waals surface area (Å²) in [7, 11) is 0. The Labute approximate surface area is 155 Å². The highest BCUT2D eigenvalue weighted by molar-refractivity contribution is 5.53. The fourth-order valence-corrected chi connectivity index (χ4v) is 3.23. The number of aliphatic hydroxyl groups is 1. The quantitative estimate of drug-likeness (QED) is 0.784. The number of hydrogen-bond acceptors (Lipinski definition) is 5. The number of nitrogens with zero attached hydrogens (tertiary/aromatic N) is 3. The molecule has 5 nitrogen and oxygen atoms in total. The third-order valence-corrected chi connectivity index (χ3v) is 5.30. The number of anilines is 1. The number of hydrogen-bond donors (Lipinski definition) is 2. The molecule has 0 unspecified atom stereocenters. The van der Waals surface area contributed by atoms with Crippen LogP contribution in [0.3, 0.4) is 0 Å². The van der Waals surface area contributed by atoms with Crippen molar-refractivity contribution in [3.8, 4) is 12.3 Å². The monoisotopic (exact) mass is 350 g/mol. The SMILES string of the molecule is C#Cc1cnc(CCCc2cccc(C)n2)nc1N[C@@H]1C[C@H](O)C1(C)C. The molecular weight excluding hydrogens is 324 g/mol. The van der Waals surface area contributed by atoms with Crippen molar-refractivity contribution in [1.29, 1.82) is 0 Å². The smallest absolute Gasteiger partial charge is 0.145 e. The summed E-state index contributed by atoms with van der Waals surface area (Å²) >= 11 is 0. The van der Waals surface area contributed by atoms with Gasteiger partial charge in [-0.05, 0) is 38.3 Å². The maximum absolute atomic E-state index is 9.93. The first-order chi connectivity index (χ1) is 12.4. The molecule has 0 saturated heterocycles. The van der Waals surface area contributed by atoms with Crippen LogP contribution in [-0.2, 0) is 12.8 Å². The summed E-state index contributed by atoms with van der Waals surface area (Å²) in [5.74, 6) is 4.11. The van der Waals surface area contributed by atoms with E-state index in [1.165, 1.54) is 0 Å². The van der Waals surface area contributed by atoms with Gasteiger partial charge in [0.05, 0.1) is 11.7 Å². The van der Waals surface area contributed by atoms with Crippen LogP contribution in [0.15, 0.2) is 24.4 Å². The Kier molecular flexibility index (Phi) is 5.24. The highest BCUT2D eigenvalue weighted by atomic mass is 16.3. The molecule has 2 N–H and O–H groups in total. The molecule has 2 heterocycles. The van der Waals surface area contributed by atoms with Gasteiger partial charge in [0.25, 0.3) is 0 Å². The molecule has 0 amide bonds. The molecule has 1 aliphatic rings. The zero-order valence-corrected chi connectivity index (χ0v) is 15.7. The van der Waals surface area contributed by atoms with Crippen molar-refractivity contribution in [2.45, 2.75) is 58.6 Å². The predicted molar refractivity (Wildman–Crippen MR) is 103 cm³/mol. The maximum Gasteiger partial charge on any atom is 0.145 e. The van der Waals surface area contributed by atoms with E-state index in [2.05, 4.69) is 26.2 Å². The molecule has 0 radical (unpaired) electrons. The van der Waals surface area contributed by atoms with Crippen LogP contribution in [0.1, 0.15) is 49.5 Å². The van der Waals surface area contributed by atoms with Gasteiger partial charge in [-0.15, -0.1) is 6.42 Å². The van der Waals surface area contributed by atoms with Crippen molar-refractivity contribution in [1.82, 2.24) is 15.0 Å². The Morgan fingerprint density at radius 1 is 1.31 bits per heavy atom. The van der Waals surface area contributed by atoms with Crippen LogP contribution in [0.4, 0.5) is 5.82 Å². The van der Waals surface area contributed by atoms with Gasteiger partial charge in [-0.25, -0.2) is 9.97 Å². The number of rotatable bonds is 6. The van der Waals surface area contributed by atoms with Gasteiger partial charge in [0.15, 0.2) is 0 Å². The van der Waals surface area contributed by atoms with Crippen molar-refractivity contribution < 1.29 is 5.11 Å². The molecule has 0 aliphatic heterocycles. The Morgan fingerprint density at radius 3 is 2.77 bits per heavy atom. The van der Waals surface area contributed by atoms with Crippen LogP contribution < -0.4 is 5.32 Å². The number of nitrogens with one attached hydrogen (secondary N) is 1. The molecule has 0 aromatic carbocycles. The number of terminal acetylenes is 1. The normalized spacial score (nSPS) is 20.9. The molecule has 26 heavy (non-hydrogen) atoms. The van der Waals surface area contributed by atoms with Crippen LogP contribution in [0.25, 0.3) is 0 Å². The molecule has 0 bridgehead atoms. The van der Waals surface area contributed by atoms with Crippen molar-refractivity contribution in [3.63, 3.8) is 0 Å². The second kappa shape index (κ2) is 7.43. The van der Waals surface area contributed by atoms with E-state index in [9.17, 15) is 5.11 Å². The lowest BCUT2D eigenvalue weighted by Gasteiger charge is -2.49. The van der Waals surface area contributed by atoms with Crippen molar-refractivity contribution >= 4 is 5.82 Å². The predicted octanol–water partition coefficient (Wildman–Crippen LogP) is 2.91. The number of aryl methyl sites for hydroxylation is 3. The lowest BCUT2D eigenvalue weighted by atomic mass is 9.64. The van der Waals surface area contributed by atoms with Gasteiger partial charge < -0.3 is 10.4 Å². The van der Waals surface area contributed by atoms with Crippen molar-refractivity contribution in [2.75, 3.05) is 5.32 Å². The third kappa shape index (κ3) is 3.86. The highest BCUT2D eigenvalue weighted by Gasteiger charge is 2.47. The Morgan fingerprint density at radius 2 is 2.12 bits per heavy atom. The molecule has 2 atom stereocenters. The minimum Gasteiger partial charge on any atom is -0.392 e. The Balaban J connectivity index is 1.65. The molecule has 136 valence electrons. The van der Waals surface area contributed by atoms with E-state index in [1.54, 1.807) is 6.20 Å². The van der Waals surface area contributed by atoms with Gasteiger partial charge in [0.2, 0.25) is 0 Å². The molecule has 1 saturated carbocycles. The number of aliphatic hydroxyl groups excluding tert-OH is 1. The van der Waals surface area contributed by atoms with Gasteiger partial charge >= 0.3 is 0 Å². The molecule has 0 spiro atoms. The van der Waals surface area contributed by atoms with Crippen LogP contribution in [0.2, 0.25) is 0 Å². The highest BCUT2D eigenvalue weighted by Crippen LogP contribution is 2.42. The molecule has 3 rings (SSSR count). The van der Waals surface area contributed by atoms with Crippen molar-refractivity contribution in [2.24, 2.45) is 5.41 Å². The van der Waals surface area contributed by atoms with Gasteiger partial charge in [-0.2, -0.15) is 0 Å². The average molecular weight is 350 g/mol. The van der Waals surface area contributed by atoms with Crippen molar-refractivity contribution in [3.05, 3.63) is 47.2 Å². The first kappa shape index (κ1) is 18.3. The Hall–Kier alpha value is -2.45. The fourth-order valence-electron chi connectivity index (χ4n) is 3.23. The number of pyridine rings is 1. The van der Waals surface area contributed by atoms with Crippen LogP contribution in [0.5, 0.6) is 0 Å². The van der Waals surface area contributed by atoms with Gasteiger partial charge in [0, 0.05) is 35.5 Å². The standard InChI is InChI=1S/C21H26N4O/c1-5-15-13-22-19(11-7-10-16-9-6-8-14(2)23-16)25-20(15)24-17-12-18(26)21(17,3)4/h1,6,8-9,13,17-18,26H,7,10-12H2,2-4H3,(H,22,24,25)/t17-,18+/m1/s1. The second-order valence-electron chi connectivity index (χ2n) is 7.59. The van der Waals surface area contributed by atoms with Crippen LogP contribution >= 0.6 is 0 Å². The van der Waals surface area contributed by atoms with Crippen LogP contribution in [-0.4, -0.2) is 32.2 Å². The lowest BCUT2D eigenvalue weighted by molar-refractivity contribution is -0.0511. The summed E-state index contributed by atoms with van der Waals surface area (Å²) in [5.41, 5.74) is 2.60. The largest absolute Gasteiger partial charge is 0.392 e. The summed E-state index contributed by atoms with van der Waals surface area (Å²) in [5, 5.41) is 13.3. The molecule has 5 heteroatoms. The van der Waals surface area contributed by atoms with E-state index in [-0.39, 0.29) is 17.6 Å². The van der Waals surface area contributed by atoms with Crippen LogP contribution in [0, 0.1) is 24.7 Å². The minimum atomic E-state index is -0.294. The first-order valence-electron chi connectivity index (χ1n) is 9.10. The average Bonchev–Trinajstić information content (AvgIpc) is 2.62. The summed E-state index contributed by atoms with van der Waals surface area (Å²) < 4.78 is 0. The van der Waals surface area contributed by atoms with E-state index >= 15 is 0 Å². The van der Waals surface area contributed by atoms with E-state index < -0.39 is 0 Å². The molecule has 1 aliphatic carbocycles. The van der Waals surface area contributed by atoms with E-state index in [1.807, 2.05) is 39.0 Å². The molecule has 2 aromatic rings. The van der Waals surface area contributed by atoms with E-state index in [0.717, 1.165) is 36.5 Å². The summed E-state index contributed by atoms with van der Waals surface area (Å²) in [6.45, 7) is 6.10. The zero-order valence-electron chi connectivity index (χ0n) is 15.7. The molecule has 1 fully saturated rings. The van der Waals surface area contributed by atoms with Gasteiger partial charge in [-0.3, -0.25) is 4.98 Å².